The lowest BCUT2D eigenvalue weighted by Crippen LogP contribution is -2.40. The van der Waals surface area contributed by atoms with E-state index in [9.17, 15) is 8.42 Å². The molecule has 0 aromatic carbocycles. The van der Waals surface area contributed by atoms with Crippen LogP contribution in [0.3, 0.4) is 0 Å². The Balaban J connectivity index is 2.00. The summed E-state index contributed by atoms with van der Waals surface area (Å²) >= 11 is 0. The molecule has 1 saturated heterocycles. The number of sulfonamides is 1. The van der Waals surface area contributed by atoms with Crippen LogP contribution < -0.4 is 10.5 Å². The van der Waals surface area contributed by atoms with Crippen molar-refractivity contribution in [3.8, 4) is 0 Å². The Bertz CT molecular complexity index is 526. The molecular formula is C12H20N4O2S. The van der Waals surface area contributed by atoms with Crippen molar-refractivity contribution in [2.75, 3.05) is 25.4 Å². The fourth-order valence-corrected chi connectivity index (χ4v) is 3.43. The summed E-state index contributed by atoms with van der Waals surface area (Å²) in [7, 11) is -3.58. The van der Waals surface area contributed by atoms with Crippen molar-refractivity contribution in [2.45, 2.75) is 30.7 Å². The second kappa shape index (κ2) is 5.85. The molecule has 0 saturated carbocycles. The lowest BCUT2D eigenvalue weighted by Gasteiger charge is -2.23. The molecule has 0 radical (unpaired) electrons. The molecule has 1 aromatic heterocycles. The molecule has 0 bridgehead atoms. The summed E-state index contributed by atoms with van der Waals surface area (Å²) in [4.78, 5) is 6.14. The van der Waals surface area contributed by atoms with E-state index in [1.54, 1.807) is 0 Å². The third kappa shape index (κ3) is 3.43. The van der Waals surface area contributed by atoms with Gasteiger partial charge in [0.1, 0.15) is 4.90 Å². The van der Waals surface area contributed by atoms with Crippen LogP contribution in [0.25, 0.3) is 0 Å². The first kappa shape index (κ1) is 14.2. The first-order chi connectivity index (χ1) is 9.00. The molecule has 0 aliphatic carbocycles. The van der Waals surface area contributed by atoms with Gasteiger partial charge in [0.15, 0.2) is 0 Å². The summed E-state index contributed by atoms with van der Waals surface area (Å²) in [6.45, 7) is 4.49. The number of aromatic nitrogens is 1. The van der Waals surface area contributed by atoms with Crippen molar-refractivity contribution in [3.63, 3.8) is 0 Å². The van der Waals surface area contributed by atoms with Gasteiger partial charge in [0.2, 0.25) is 10.0 Å². The van der Waals surface area contributed by atoms with Gasteiger partial charge in [0.25, 0.3) is 0 Å². The molecule has 2 rings (SSSR count). The first-order valence-electron chi connectivity index (χ1n) is 6.44. The molecule has 0 spiro atoms. The number of hydrogen-bond acceptors (Lipinski definition) is 5. The maximum absolute atomic E-state index is 12.1. The Morgan fingerprint density at radius 2 is 2.16 bits per heavy atom. The van der Waals surface area contributed by atoms with Gasteiger partial charge >= 0.3 is 0 Å². The lowest BCUT2D eigenvalue weighted by atomic mass is 10.3. The van der Waals surface area contributed by atoms with E-state index in [4.69, 9.17) is 5.73 Å². The van der Waals surface area contributed by atoms with Gasteiger partial charge in [-0.15, -0.1) is 0 Å². The highest BCUT2D eigenvalue weighted by molar-refractivity contribution is 7.89. The average Bonchev–Trinajstić information content (AvgIpc) is 2.90. The number of likely N-dealkylation sites (tertiary alicyclic amines) is 1. The molecular weight excluding hydrogens is 264 g/mol. The second-order valence-corrected chi connectivity index (χ2v) is 6.59. The number of hydrogen-bond donors (Lipinski definition) is 2. The standard InChI is InChI=1S/C12H20N4O2S/c1-10(16-6-2-3-7-16)8-15-19(17,18)12-9-14-5-4-11(12)13/h4-5,9-10,15H,2-3,6-8H2,1H3,(H2,13,14). The van der Waals surface area contributed by atoms with Gasteiger partial charge in [-0.1, -0.05) is 0 Å². The van der Waals surface area contributed by atoms with E-state index in [0.29, 0.717) is 6.54 Å². The minimum Gasteiger partial charge on any atom is -0.398 e. The van der Waals surface area contributed by atoms with Crippen LogP contribution in [0.4, 0.5) is 5.69 Å². The minimum absolute atomic E-state index is 0.0450. The van der Waals surface area contributed by atoms with Gasteiger partial charge in [-0.25, -0.2) is 13.1 Å². The quantitative estimate of drug-likeness (QED) is 0.818. The molecule has 1 aromatic rings. The lowest BCUT2D eigenvalue weighted by molar-refractivity contribution is 0.260. The van der Waals surface area contributed by atoms with E-state index < -0.39 is 10.0 Å². The fraction of sp³-hybridized carbons (Fsp3) is 0.583. The maximum Gasteiger partial charge on any atom is 0.244 e. The second-order valence-electron chi connectivity index (χ2n) is 4.86. The zero-order chi connectivity index (χ0) is 13.9. The summed E-state index contributed by atoms with van der Waals surface area (Å²) in [5, 5.41) is 0. The summed E-state index contributed by atoms with van der Waals surface area (Å²) < 4.78 is 26.8. The predicted molar refractivity (Wildman–Crippen MR) is 74.1 cm³/mol. The zero-order valence-electron chi connectivity index (χ0n) is 11.0. The summed E-state index contributed by atoms with van der Waals surface area (Å²) in [5.41, 5.74) is 5.88. The van der Waals surface area contributed by atoms with Crippen LogP contribution in [0.15, 0.2) is 23.4 Å². The van der Waals surface area contributed by atoms with E-state index >= 15 is 0 Å². The molecule has 1 atom stereocenters. The van der Waals surface area contributed by atoms with Crippen LogP contribution in [0.1, 0.15) is 19.8 Å². The zero-order valence-corrected chi connectivity index (χ0v) is 11.9. The number of nitrogens with zero attached hydrogens (tertiary/aromatic N) is 2. The van der Waals surface area contributed by atoms with E-state index in [1.807, 2.05) is 6.92 Å². The van der Waals surface area contributed by atoms with Crippen LogP contribution in [0, 0.1) is 0 Å². The molecule has 6 nitrogen and oxygen atoms in total. The van der Waals surface area contributed by atoms with E-state index in [-0.39, 0.29) is 16.6 Å². The van der Waals surface area contributed by atoms with Crippen LogP contribution in [0.5, 0.6) is 0 Å². The molecule has 1 unspecified atom stereocenters. The van der Waals surface area contributed by atoms with Gasteiger partial charge in [-0.05, 0) is 38.9 Å². The minimum atomic E-state index is -3.58. The molecule has 7 heteroatoms. The summed E-state index contributed by atoms with van der Waals surface area (Å²) in [6, 6.07) is 1.67. The number of nitrogen functional groups attached to an aromatic ring is 1. The third-order valence-electron chi connectivity index (χ3n) is 3.44. The van der Waals surface area contributed by atoms with Crippen molar-refractivity contribution < 1.29 is 8.42 Å². The van der Waals surface area contributed by atoms with Crippen LogP contribution in [0.2, 0.25) is 0 Å². The van der Waals surface area contributed by atoms with E-state index in [1.165, 1.54) is 31.3 Å². The predicted octanol–water partition coefficient (Wildman–Crippen LogP) is 0.426. The monoisotopic (exact) mass is 284 g/mol. The summed E-state index contributed by atoms with van der Waals surface area (Å²) in [5.74, 6) is 0. The van der Waals surface area contributed by atoms with Crippen LogP contribution >= 0.6 is 0 Å². The Morgan fingerprint density at radius 1 is 1.47 bits per heavy atom. The highest BCUT2D eigenvalue weighted by Crippen LogP contribution is 2.16. The molecule has 1 fully saturated rings. The fourth-order valence-electron chi connectivity index (χ4n) is 2.23. The number of nitrogens with one attached hydrogen (secondary N) is 1. The molecule has 1 aliphatic heterocycles. The van der Waals surface area contributed by atoms with Gasteiger partial charge in [0, 0.05) is 25.0 Å². The van der Waals surface area contributed by atoms with Gasteiger partial charge in [-0.3, -0.25) is 9.88 Å². The van der Waals surface area contributed by atoms with Crippen molar-refractivity contribution in [1.82, 2.24) is 14.6 Å². The molecule has 1 aliphatic rings. The van der Waals surface area contributed by atoms with E-state index in [2.05, 4.69) is 14.6 Å². The molecule has 19 heavy (non-hydrogen) atoms. The van der Waals surface area contributed by atoms with Gasteiger partial charge in [-0.2, -0.15) is 0 Å². The Kier molecular flexibility index (Phi) is 4.38. The van der Waals surface area contributed by atoms with E-state index in [0.717, 1.165) is 13.1 Å². The topological polar surface area (TPSA) is 88.3 Å². The molecule has 2 heterocycles. The van der Waals surface area contributed by atoms with Gasteiger partial charge < -0.3 is 5.73 Å². The summed E-state index contributed by atoms with van der Waals surface area (Å²) in [6.07, 6.45) is 5.12. The van der Waals surface area contributed by atoms with Crippen molar-refractivity contribution in [2.24, 2.45) is 0 Å². The van der Waals surface area contributed by atoms with Gasteiger partial charge in [0.05, 0.1) is 5.69 Å². The largest absolute Gasteiger partial charge is 0.398 e. The first-order valence-corrected chi connectivity index (χ1v) is 7.92. The molecule has 0 amide bonds. The SMILES string of the molecule is CC(CNS(=O)(=O)c1cnccc1N)N1CCCC1. The Hall–Kier alpha value is -1.18. The van der Waals surface area contributed by atoms with Crippen molar-refractivity contribution in [3.05, 3.63) is 18.5 Å². The Morgan fingerprint density at radius 3 is 2.79 bits per heavy atom. The number of pyridine rings is 1. The normalized spacial score (nSPS) is 18.6. The average molecular weight is 284 g/mol. The maximum atomic E-state index is 12.1. The van der Waals surface area contributed by atoms with Crippen LogP contribution in [-0.4, -0.2) is 44.0 Å². The third-order valence-corrected chi connectivity index (χ3v) is 4.91. The smallest absolute Gasteiger partial charge is 0.244 e. The highest BCUT2D eigenvalue weighted by atomic mass is 32.2. The molecule has 3 N–H and O–H groups in total. The Labute approximate surface area is 114 Å². The van der Waals surface area contributed by atoms with Crippen molar-refractivity contribution >= 4 is 15.7 Å². The number of anilines is 1. The number of nitrogens with two attached hydrogens (primary N) is 1. The highest BCUT2D eigenvalue weighted by Gasteiger charge is 2.22. The van der Waals surface area contributed by atoms with Crippen molar-refractivity contribution in [1.29, 1.82) is 0 Å². The van der Waals surface area contributed by atoms with Crippen LogP contribution in [-0.2, 0) is 10.0 Å². The number of rotatable bonds is 5. The molecule has 106 valence electrons.